The first-order chi connectivity index (χ1) is 15.1. The number of aromatic nitrogens is 3. The summed E-state index contributed by atoms with van der Waals surface area (Å²) in [4.78, 5) is 18.8. The number of hydrogen-bond donors (Lipinski definition) is 1. The molecule has 7 nitrogen and oxygen atoms in total. The summed E-state index contributed by atoms with van der Waals surface area (Å²) in [5.41, 5.74) is 3.30. The first kappa shape index (κ1) is 20.7. The molecule has 2 heterocycles. The van der Waals surface area contributed by atoms with Gasteiger partial charge >= 0.3 is 0 Å². The maximum atomic E-state index is 12.9. The van der Waals surface area contributed by atoms with Gasteiger partial charge in [-0.1, -0.05) is 42.5 Å². The average molecular weight is 434 g/mol. The molecule has 0 aliphatic rings. The summed E-state index contributed by atoms with van der Waals surface area (Å²) >= 11 is 1.58. The average Bonchev–Trinajstić information content (AvgIpc) is 3.27. The van der Waals surface area contributed by atoms with E-state index in [1.165, 1.54) is 4.68 Å². The van der Waals surface area contributed by atoms with E-state index in [0.717, 1.165) is 21.1 Å². The molecule has 0 aliphatic heterocycles. The molecule has 0 bridgehead atoms. The Morgan fingerprint density at radius 2 is 1.81 bits per heavy atom. The van der Waals surface area contributed by atoms with Gasteiger partial charge in [0, 0.05) is 10.4 Å². The van der Waals surface area contributed by atoms with Crippen molar-refractivity contribution in [3.63, 3.8) is 0 Å². The van der Waals surface area contributed by atoms with Crippen molar-refractivity contribution >= 4 is 22.7 Å². The highest BCUT2D eigenvalue weighted by Crippen LogP contribution is 2.29. The number of H-pyrrole nitrogens is 1. The fraction of sp³-hybridized carbons (Fsp3) is 0.217. The highest BCUT2D eigenvalue weighted by Gasteiger charge is 2.15. The number of rotatable bonds is 7. The fourth-order valence-electron chi connectivity index (χ4n) is 3.26. The lowest BCUT2D eigenvalue weighted by Crippen LogP contribution is -2.17. The molecular formula is C23H23N5O2S. The van der Waals surface area contributed by atoms with Gasteiger partial charge in [0.15, 0.2) is 5.69 Å². The maximum Gasteiger partial charge on any atom is 0.294 e. The van der Waals surface area contributed by atoms with Crippen LogP contribution in [0.5, 0.6) is 5.75 Å². The van der Waals surface area contributed by atoms with Crippen molar-refractivity contribution in [1.29, 1.82) is 0 Å². The minimum atomic E-state index is -0.232. The second-order valence-electron chi connectivity index (χ2n) is 6.96. The molecule has 0 aliphatic carbocycles. The number of benzene rings is 2. The van der Waals surface area contributed by atoms with E-state index >= 15 is 0 Å². The summed E-state index contributed by atoms with van der Waals surface area (Å²) in [6, 6.07) is 17.4. The van der Waals surface area contributed by atoms with E-state index in [9.17, 15) is 4.79 Å². The minimum Gasteiger partial charge on any atom is -0.492 e. The number of azo groups is 1. The Labute approximate surface area is 184 Å². The summed E-state index contributed by atoms with van der Waals surface area (Å²) in [5.74, 6) is 0.633. The van der Waals surface area contributed by atoms with Gasteiger partial charge < -0.3 is 4.74 Å². The molecule has 0 atom stereocenters. The lowest BCUT2D eigenvalue weighted by atomic mass is 10.1. The molecule has 0 fully saturated rings. The highest BCUT2D eigenvalue weighted by atomic mass is 32.1. The topological polar surface area (TPSA) is 84.6 Å². The van der Waals surface area contributed by atoms with E-state index in [-0.39, 0.29) is 11.2 Å². The summed E-state index contributed by atoms with van der Waals surface area (Å²) in [6.07, 6.45) is 0. The molecule has 4 rings (SSSR count). The van der Waals surface area contributed by atoms with Crippen molar-refractivity contribution in [2.24, 2.45) is 10.2 Å². The van der Waals surface area contributed by atoms with Crippen molar-refractivity contribution in [2.75, 3.05) is 6.61 Å². The summed E-state index contributed by atoms with van der Waals surface area (Å²) < 4.78 is 7.09. The summed E-state index contributed by atoms with van der Waals surface area (Å²) in [7, 11) is 0. The van der Waals surface area contributed by atoms with Crippen molar-refractivity contribution < 1.29 is 4.74 Å². The van der Waals surface area contributed by atoms with Crippen LogP contribution in [0.4, 0.5) is 11.4 Å². The van der Waals surface area contributed by atoms with Crippen molar-refractivity contribution in [1.82, 2.24) is 14.8 Å². The molecule has 4 aromatic rings. The second kappa shape index (κ2) is 9.09. The largest absolute Gasteiger partial charge is 0.492 e. The smallest absolute Gasteiger partial charge is 0.294 e. The Morgan fingerprint density at radius 3 is 2.58 bits per heavy atom. The van der Waals surface area contributed by atoms with Crippen LogP contribution in [0, 0.1) is 13.8 Å². The third kappa shape index (κ3) is 4.49. The first-order valence-corrected chi connectivity index (χ1v) is 10.8. The Bertz CT molecular complexity index is 1270. The molecule has 0 unspecified atom stereocenters. The normalized spacial score (nSPS) is 11.3. The SMILES string of the molecule is CCOc1ccccc1N=Nc1c(C)[nH]n(Cc2nc(-c3ccccc3)c(C)s2)c1=O. The lowest BCUT2D eigenvalue weighted by molar-refractivity contribution is 0.341. The van der Waals surface area contributed by atoms with E-state index < -0.39 is 0 Å². The molecule has 0 amide bonds. The van der Waals surface area contributed by atoms with Gasteiger partial charge in [-0.2, -0.15) is 0 Å². The molecule has 0 saturated carbocycles. The standard InChI is InChI=1S/C23H23N5O2S/c1-4-30-19-13-9-8-12-18(19)25-26-21-15(2)27-28(23(21)29)14-20-24-22(16(3)31-20)17-10-6-5-7-11-17/h5-13,27H,4,14H2,1-3H3. The number of nitrogens with one attached hydrogen (secondary N) is 1. The van der Waals surface area contributed by atoms with Gasteiger partial charge in [0.1, 0.15) is 16.4 Å². The minimum absolute atomic E-state index is 0.232. The predicted octanol–water partition coefficient (Wildman–Crippen LogP) is 5.78. The zero-order chi connectivity index (χ0) is 21.8. The van der Waals surface area contributed by atoms with Crippen LogP contribution in [0.15, 0.2) is 69.6 Å². The quantitative estimate of drug-likeness (QED) is 0.375. The number of aryl methyl sites for hydroxylation is 2. The highest BCUT2D eigenvalue weighted by molar-refractivity contribution is 7.12. The first-order valence-electron chi connectivity index (χ1n) is 10.0. The van der Waals surface area contributed by atoms with Crippen LogP contribution >= 0.6 is 11.3 Å². The molecule has 1 N–H and O–H groups in total. The Kier molecular flexibility index (Phi) is 6.08. The van der Waals surface area contributed by atoms with Gasteiger partial charge in [-0.25, -0.2) is 9.67 Å². The number of aromatic amines is 1. The van der Waals surface area contributed by atoms with E-state index in [1.54, 1.807) is 17.4 Å². The van der Waals surface area contributed by atoms with Crippen LogP contribution in [-0.4, -0.2) is 21.4 Å². The molecule has 0 spiro atoms. The molecule has 8 heteroatoms. The zero-order valence-corrected chi connectivity index (χ0v) is 18.4. The molecular weight excluding hydrogens is 410 g/mol. The van der Waals surface area contributed by atoms with E-state index in [1.807, 2.05) is 69.3 Å². The van der Waals surface area contributed by atoms with Gasteiger partial charge in [0.2, 0.25) is 0 Å². The van der Waals surface area contributed by atoms with Crippen LogP contribution in [0.25, 0.3) is 11.3 Å². The lowest BCUT2D eigenvalue weighted by Gasteiger charge is -2.04. The van der Waals surface area contributed by atoms with Gasteiger partial charge in [-0.05, 0) is 32.9 Å². The Hall–Kier alpha value is -3.52. The predicted molar refractivity (Wildman–Crippen MR) is 123 cm³/mol. The van der Waals surface area contributed by atoms with E-state index in [0.29, 0.717) is 30.3 Å². The second-order valence-corrected chi connectivity index (χ2v) is 8.24. The van der Waals surface area contributed by atoms with Crippen LogP contribution in [0.3, 0.4) is 0 Å². The molecule has 2 aromatic heterocycles. The molecule has 31 heavy (non-hydrogen) atoms. The van der Waals surface area contributed by atoms with Crippen LogP contribution in [0.1, 0.15) is 22.5 Å². The summed E-state index contributed by atoms with van der Waals surface area (Å²) in [6.45, 7) is 6.64. The molecule has 0 radical (unpaired) electrons. The van der Waals surface area contributed by atoms with Crippen LogP contribution in [0.2, 0.25) is 0 Å². The summed E-state index contributed by atoms with van der Waals surface area (Å²) in [5, 5.41) is 12.4. The molecule has 0 saturated heterocycles. The van der Waals surface area contributed by atoms with Crippen molar-refractivity contribution in [2.45, 2.75) is 27.3 Å². The zero-order valence-electron chi connectivity index (χ0n) is 17.6. The van der Waals surface area contributed by atoms with Gasteiger partial charge in [-0.3, -0.25) is 9.89 Å². The van der Waals surface area contributed by atoms with E-state index in [2.05, 4.69) is 15.3 Å². The van der Waals surface area contributed by atoms with E-state index in [4.69, 9.17) is 9.72 Å². The molecule has 158 valence electrons. The van der Waals surface area contributed by atoms with Crippen molar-refractivity contribution in [3.05, 3.63) is 80.5 Å². The monoisotopic (exact) mass is 433 g/mol. The maximum absolute atomic E-state index is 12.9. The number of hydrogen-bond acceptors (Lipinski definition) is 6. The third-order valence-electron chi connectivity index (χ3n) is 4.71. The van der Waals surface area contributed by atoms with Gasteiger partial charge in [0.25, 0.3) is 5.56 Å². The Balaban J connectivity index is 1.59. The van der Waals surface area contributed by atoms with Crippen LogP contribution < -0.4 is 10.3 Å². The number of thiazole rings is 1. The molecule has 2 aromatic carbocycles. The third-order valence-corrected chi connectivity index (χ3v) is 5.67. The Morgan fingerprint density at radius 1 is 1.06 bits per heavy atom. The van der Waals surface area contributed by atoms with Crippen LogP contribution in [-0.2, 0) is 6.54 Å². The fourth-order valence-corrected chi connectivity index (χ4v) is 4.21. The van der Waals surface area contributed by atoms with Gasteiger partial charge in [0.05, 0.1) is 24.5 Å². The van der Waals surface area contributed by atoms with Crippen molar-refractivity contribution in [3.8, 4) is 17.0 Å². The number of para-hydroxylation sites is 1. The number of nitrogens with zero attached hydrogens (tertiary/aromatic N) is 4. The van der Waals surface area contributed by atoms with Gasteiger partial charge in [-0.15, -0.1) is 21.6 Å². The number of ether oxygens (including phenoxy) is 1.